The molecule has 0 spiro atoms. The number of thioether (sulfide) groups is 1. The van der Waals surface area contributed by atoms with Crippen LogP contribution in [0, 0.1) is 31.0 Å². The van der Waals surface area contributed by atoms with E-state index in [1.54, 1.807) is 46.4 Å². The Morgan fingerprint density at radius 3 is 2.57 bits per heavy atom. The number of fused-ring (bicyclic) bond motifs is 1. The average molecular weight is 490 g/mol. The molecule has 0 aliphatic heterocycles. The van der Waals surface area contributed by atoms with Gasteiger partial charge in [-0.05, 0) is 62.2 Å². The highest BCUT2D eigenvalue weighted by atomic mass is 32.2. The summed E-state index contributed by atoms with van der Waals surface area (Å²) in [7, 11) is 0. The zero-order chi connectivity index (χ0) is 25.1. The molecular formula is C26H24FN5O2S. The lowest BCUT2D eigenvalue weighted by atomic mass is 10.2. The normalized spacial score (nSPS) is 10.9. The first kappa shape index (κ1) is 24.2. The van der Waals surface area contributed by atoms with Gasteiger partial charge in [0, 0.05) is 17.9 Å². The largest absolute Gasteiger partial charge is 0.310 e. The SMILES string of the molecule is CCCn1c(SCC(=O)Nc2c(C#N)c(C)c(C)n2-c2ccc(F)cc2)nc2ccccc2c1=O. The molecule has 0 aliphatic rings. The van der Waals surface area contributed by atoms with Gasteiger partial charge in [-0.2, -0.15) is 5.26 Å². The van der Waals surface area contributed by atoms with E-state index in [0.717, 1.165) is 17.7 Å². The van der Waals surface area contributed by atoms with E-state index in [-0.39, 0.29) is 23.0 Å². The summed E-state index contributed by atoms with van der Waals surface area (Å²) < 4.78 is 16.8. The molecule has 35 heavy (non-hydrogen) atoms. The fourth-order valence-corrected chi connectivity index (χ4v) is 4.78. The molecule has 4 aromatic rings. The number of nitrogens with one attached hydrogen (secondary N) is 1. The van der Waals surface area contributed by atoms with E-state index in [2.05, 4.69) is 16.4 Å². The Hall–Kier alpha value is -3.90. The van der Waals surface area contributed by atoms with Gasteiger partial charge in [-0.25, -0.2) is 9.37 Å². The lowest BCUT2D eigenvalue weighted by molar-refractivity contribution is -0.113. The van der Waals surface area contributed by atoms with Gasteiger partial charge < -0.3 is 5.32 Å². The zero-order valence-electron chi connectivity index (χ0n) is 19.6. The highest BCUT2D eigenvalue weighted by Gasteiger charge is 2.21. The van der Waals surface area contributed by atoms with Crippen LogP contribution in [-0.4, -0.2) is 25.8 Å². The van der Waals surface area contributed by atoms with E-state index >= 15 is 0 Å². The third kappa shape index (κ3) is 4.70. The van der Waals surface area contributed by atoms with Crippen molar-refractivity contribution in [3.8, 4) is 11.8 Å². The van der Waals surface area contributed by atoms with Gasteiger partial charge in [-0.1, -0.05) is 30.8 Å². The third-order valence-corrected chi connectivity index (χ3v) is 6.75. The smallest absolute Gasteiger partial charge is 0.262 e. The van der Waals surface area contributed by atoms with Gasteiger partial charge in [0.1, 0.15) is 17.7 Å². The van der Waals surface area contributed by atoms with Crippen molar-refractivity contribution in [1.29, 1.82) is 5.26 Å². The molecule has 1 amide bonds. The predicted molar refractivity (Wildman–Crippen MR) is 136 cm³/mol. The highest BCUT2D eigenvalue weighted by molar-refractivity contribution is 7.99. The summed E-state index contributed by atoms with van der Waals surface area (Å²) in [6, 6.07) is 15.1. The van der Waals surface area contributed by atoms with Crippen LogP contribution in [0.15, 0.2) is 58.5 Å². The standard InChI is InChI=1S/C26H24FN5O2S/c1-4-13-31-25(34)20-7-5-6-8-22(20)29-26(31)35-15-23(33)30-24-21(14-28)16(2)17(3)32(24)19-11-9-18(27)10-12-19/h5-12H,4,13,15H2,1-3H3,(H,30,33). The molecule has 2 aromatic carbocycles. The molecule has 0 bridgehead atoms. The number of benzene rings is 2. The quantitative estimate of drug-likeness (QED) is 0.293. The maximum Gasteiger partial charge on any atom is 0.262 e. The Labute approximate surface area is 206 Å². The molecule has 0 saturated carbocycles. The van der Waals surface area contributed by atoms with E-state index in [1.807, 2.05) is 19.9 Å². The van der Waals surface area contributed by atoms with E-state index < -0.39 is 0 Å². The number of aromatic nitrogens is 3. The predicted octanol–water partition coefficient (Wildman–Crippen LogP) is 4.96. The van der Waals surface area contributed by atoms with E-state index in [1.165, 1.54) is 23.9 Å². The molecule has 0 aliphatic carbocycles. The molecule has 0 radical (unpaired) electrons. The van der Waals surface area contributed by atoms with Crippen molar-refractivity contribution in [3.05, 3.63) is 81.5 Å². The molecule has 0 saturated heterocycles. The van der Waals surface area contributed by atoms with Gasteiger partial charge in [0.15, 0.2) is 5.16 Å². The first-order valence-corrected chi connectivity index (χ1v) is 12.1. The molecule has 178 valence electrons. The van der Waals surface area contributed by atoms with Crippen molar-refractivity contribution in [2.45, 2.75) is 38.9 Å². The number of rotatable bonds is 7. The summed E-state index contributed by atoms with van der Waals surface area (Å²) in [6.07, 6.45) is 0.745. The number of anilines is 1. The third-order valence-electron chi connectivity index (χ3n) is 5.77. The first-order valence-electron chi connectivity index (χ1n) is 11.2. The minimum atomic E-state index is -0.376. The van der Waals surface area contributed by atoms with Crippen molar-refractivity contribution in [2.24, 2.45) is 0 Å². The highest BCUT2D eigenvalue weighted by Crippen LogP contribution is 2.30. The lowest BCUT2D eigenvalue weighted by Crippen LogP contribution is -2.24. The minimum absolute atomic E-state index is 0.00788. The zero-order valence-corrected chi connectivity index (χ0v) is 20.4. The van der Waals surface area contributed by atoms with Crippen molar-refractivity contribution in [1.82, 2.24) is 14.1 Å². The van der Waals surface area contributed by atoms with Crippen molar-refractivity contribution < 1.29 is 9.18 Å². The fourth-order valence-electron chi connectivity index (χ4n) is 3.95. The van der Waals surface area contributed by atoms with Gasteiger partial charge in [0.05, 0.1) is 22.2 Å². The molecule has 2 heterocycles. The fraction of sp³-hybridized carbons (Fsp3) is 0.231. The number of hydrogen-bond donors (Lipinski definition) is 1. The number of para-hydroxylation sites is 1. The molecule has 4 rings (SSSR count). The lowest BCUT2D eigenvalue weighted by Gasteiger charge is -2.14. The van der Waals surface area contributed by atoms with Gasteiger partial charge in [-0.15, -0.1) is 0 Å². The maximum atomic E-state index is 13.5. The second kappa shape index (κ2) is 10.2. The molecule has 1 N–H and O–H groups in total. The van der Waals surface area contributed by atoms with Crippen LogP contribution in [0.25, 0.3) is 16.6 Å². The van der Waals surface area contributed by atoms with Crippen molar-refractivity contribution in [2.75, 3.05) is 11.1 Å². The second-order valence-corrected chi connectivity index (χ2v) is 9.01. The molecule has 0 unspecified atom stereocenters. The summed E-state index contributed by atoms with van der Waals surface area (Å²) in [6.45, 7) is 6.11. The first-order chi connectivity index (χ1) is 16.8. The molecule has 0 fully saturated rings. The molecule has 2 aromatic heterocycles. The summed E-state index contributed by atoms with van der Waals surface area (Å²) in [5.41, 5.74) is 2.91. The summed E-state index contributed by atoms with van der Waals surface area (Å²) in [5, 5.41) is 13.6. The number of nitrogens with zero attached hydrogens (tertiary/aromatic N) is 4. The van der Waals surface area contributed by atoms with E-state index in [9.17, 15) is 19.2 Å². The number of carbonyl (C=O) groups excluding carboxylic acids is 1. The number of carbonyl (C=O) groups is 1. The molecule has 7 nitrogen and oxygen atoms in total. The Morgan fingerprint density at radius 2 is 1.89 bits per heavy atom. The Balaban J connectivity index is 1.64. The van der Waals surface area contributed by atoms with Crippen LogP contribution < -0.4 is 10.9 Å². The van der Waals surface area contributed by atoms with E-state index in [0.29, 0.717) is 39.7 Å². The average Bonchev–Trinajstić information content (AvgIpc) is 3.09. The van der Waals surface area contributed by atoms with Gasteiger partial charge in [0.25, 0.3) is 5.56 Å². The Kier molecular flexibility index (Phi) is 7.03. The van der Waals surface area contributed by atoms with Gasteiger partial charge in [-0.3, -0.25) is 18.7 Å². The van der Waals surface area contributed by atoms with Crippen molar-refractivity contribution in [3.63, 3.8) is 0 Å². The molecule has 0 atom stereocenters. The van der Waals surface area contributed by atoms with Gasteiger partial charge >= 0.3 is 0 Å². The summed E-state index contributed by atoms with van der Waals surface area (Å²) in [5.74, 6) is -0.403. The van der Waals surface area contributed by atoms with Crippen LogP contribution in [0.2, 0.25) is 0 Å². The summed E-state index contributed by atoms with van der Waals surface area (Å²) >= 11 is 1.17. The molecule has 9 heteroatoms. The topological polar surface area (TPSA) is 92.7 Å². The van der Waals surface area contributed by atoms with Crippen LogP contribution >= 0.6 is 11.8 Å². The number of hydrogen-bond acceptors (Lipinski definition) is 5. The van der Waals surface area contributed by atoms with Crippen molar-refractivity contribution >= 4 is 34.4 Å². The van der Waals surface area contributed by atoms with Gasteiger partial charge in [0.2, 0.25) is 5.91 Å². The van der Waals surface area contributed by atoms with Crippen LogP contribution in [0.3, 0.4) is 0 Å². The second-order valence-electron chi connectivity index (χ2n) is 8.06. The van der Waals surface area contributed by atoms with Crippen LogP contribution in [0.4, 0.5) is 10.2 Å². The van der Waals surface area contributed by atoms with Crippen LogP contribution in [-0.2, 0) is 11.3 Å². The van der Waals surface area contributed by atoms with Crippen LogP contribution in [0.1, 0.15) is 30.2 Å². The monoisotopic (exact) mass is 489 g/mol. The van der Waals surface area contributed by atoms with Crippen LogP contribution in [0.5, 0.6) is 0 Å². The summed E-state index contributed by atoms with van der Waals surface area (Å²) in [4.78, 5) is 30.6. The van der Waals surface area contributed by atoms with E-state index in [4.69, 9.17) is 0 Å². The number of amides is 1. The maximum absolute atomic E-state index is 13.5. The Morgan fingerprint density at radius 1 is 1.17 bits per heavy atom. The molecular weight excluding hydrogens is 465 g/mol. The Bertz CT molecular complexity index is 1520. The number of nitriles is 1. The number of halogens is 1. The minimum Gasteiger partial charge on any atom is -0.310 e.